The van der Waals surface area contributed by atoms with Gasteiger partial charge in [0.25, 0.3) is 0 Å². The van der Waals surface area contributed by atoms with Gasteiger partial charge in [0.1, 0.15) is 0 Å². The molecule has 0 radical (unpaired) electrons. The molecule has 1 amide bonds. The number of nitrogens with one attached hydrogen (secondary N) is 1. The molecule has 12 heavy (non-hydrogen) atoms. The summed E-state index contributed by atoms with van der Waals surface area (Å²) in [6, 6.07) is 0.884. The first-order valence-corrected chi connectivity index (χ1v) is 4.69. The molecule has 0 saturated carbocycles. The average Bonchev–Trinajstić information content (AvgIpc) is 2.48. The Bertz CT molecular complexity index is 205. The van der Waals surface area contributed by atoms with Crippen LogP contribution in [0.15, 0.2) is 0 Å². The first kappa shape index (κ1) is 8.05. The molecule has 3 unspecified atom stereocenters. The molecule has 0 spiro atoms. The van der Waals surface area contributed by atoms with Gasteiger partial charge in [0.15, 0.2) is 0 Å². The summed E-state index contributed by atoms with van der Waals surface area (Å²) < 4.78 is 0. The van der Waals surface area contributed by atoms with Crippen molar-refractivity contribution in [2.45, 2.75) is 31.8 Å². The van der Waals surface area contributed by atoms with Gasteiger partial charge in [-0.3, -0.25) is 4.79 Å². The zero-order valence-electron chi connectivity index (χ0n) is 7.71. The van der Waals surface area contributed by atoms with Gasteiger partial charge in [-0.05, 0) is 25.8 Å². The minimum Gasteiger partial charge on any atom is -0.343 e. The number of likely N-dealkylation sites (tertiary alicyclic amines) is 1. The summed E-state index contributed by atoms with van der Waals surface area (Å²) in [6.45, 7) is 3.24. The van der Waals surface area contributed by atoms with Crippen LogP contribution in [0, 0.1) is 5.92 Å². The predicted molar refractivity (Wildman–Crippen MR) is 46.7 cm³/mol. The fourth-order valence-electron chi connectivity index (χ4n) is 2.44. The van der Waals surface area contributed by atoms with Gasteiger partial charge in [-0.15, -0.1) is 0 Å². The van der Waals surface area contributed by atoms with Crippen LogP contribution in [0.4, 0.5) is 0 Å². The summed E-state index contributed by atoms with van der Waals surface area (Å²) >= 11 is 0. The molecule has 3 heteroatoms. The van der Waals surface area contributed by atoms with Gasteiger partial charge in [-0.25, -0.2) is 0 Å². The molecule has 0 bridgehead atoms. The van der Waals surface area contributed by atoms with E-state index in [1.54, 1.807) is 0 Å². The second kappa shape index (κ2) is 2.73. The predicted octanol–water partition coefficient (Wildman–Crippen LogP) is 0.215. The monoisotopic (exact) mass is 168 g/mol. The van der Waals surface area contributed by atoms with E-state index in [-0.39, 0.29) is 5.91 Å². The summed E-state index contributed by atoms with van der Waals surface area (Å²) in [5.74, 6) is 0.978. The van der Waals surface area contributed by atoms with Crippen LogP contribution in [0.25, 0.3) is 0 Å². The van der Waals surface area contributed by atoms with Crippen molar-refractivity contribution in [3.63, 3.8) is 0 Å². The molecule has 0 aliphatic carbocycles. The van der Waals surface area contributed by atoms with Crippen LogP contribution < -0.4 is 5.32 Å². The maximum atomic E-state index is 11.4. The van der Waals surface area contributed by atoms with Crippen molar-refractivity contribution in [2.75, 3.05) is 13.6 Å². The largest absolute Gasteiger partial charge is 0.343 e. The van der Waals surface area contributed by atoms with E-state index >= 15 is 0 Å². The first-order valence-electron chi connectivity index (χ1n) is 4.69. The summed E-state index contributed by atoms with van der Waals surface area (Å²) in [5.41, 5.74) is 0. The fourth-order valence-corrected chi connectivity index (χ4v) is 2.44. The second-order valence-electron chi connectivity index (χ2n) is 3.96. The molecule has 0 aromatic rings. The molecule has 3 atom stereocenters. The molecule has 68 valence electrons. The van der Waals surface area contributed by atoms with Crippen molar-refractivity contribution < 1.29 is 4.79 Å². The number of rotatable bonds is 0. The minimum atomic E-state index is 0.290. The summed E-state index contributed by atoms with van der Waals surface area (Å²) in [7, 11) is 1.92. The van der Waals surface area contributed by atoms with Crippen molar-refractivity contribution in [3.05, 3.63) is 0 Å². The fraction of sp³-hybridized carbons (Fsp3) is 0.889. The van der Waals surface area contributed by atoms with Crippen LogP contribution in [-0.2, 0) is 4.79 Å². The Kier molecular flexibility index (Phi) is 1.83. The topological polar surface area (TPSA) is 32.3 Å². The standard InChI is InChI=1S/C9H16N2O/c1-6-7-3-4-10-8(7)5-9(12)11(6)2/h6-8,10H,3-5H2,1-2H3. The minimum absolute atomic E-state index is 0.290. The van der Waals surface area contributed by atoms with Crippen LogP contribution in [0.5, 0.6) is 0 Å². The van der Waals surface area contributed by atoms with Gasteiger partial charge < -0.3 is 10.2 Å². The zero-order chi connectivity index (χ0) is 8.72. The van der Waals surface area contributed by atoms with Crippen molar-refractivity contribution in [1.29, 1.82) is 0 Å². The lowest BCUT2D eigenvalue weighted by atomic mass is 9.86. The lowest BCUT2D eigenvalue weighted by Gasteiger charge is -2.38. The summed E-state index contributed by atoms with van der Waals surface area (Å²) in [5, 5.41) is 3.39. The van der Waals surface area contributed by atoms with E-state index in [1.165, 1.54) is 6.42 Å². The SMILES string of the molecule is CC1C2CCNC2CC(=O)N1C. The number of piperidine rings is 1. The highest BCUT2D eigenvalue weighted by molar-refractivity contribution is 5.78. The van der Waals surface area contributed by atoms with E-state index in [0.29, 0.717) is 24.4 Å². The smallest absolute Gasteiger partial charge is 0.224 e. The number of carbonyl (C=O) groups excluding carboxylic acids is 1. The second-order valence-corrected chi connectivity index (χ2v) is 3.96. The third kappa shape index (κ3) is 1.04. The molecule has 2 aliphatic heterocycles. The lowest BCUT2D eigenvalue weighted by Crippen LogP contribution is -2.51. The van der Waals surface area contributed by atoms with Crippen LogP contribution >= 0.6 is 0 Å². The summed E-state index contributed by atoms with van der Waals surface area (Å²) in [4.78, 5) is 13.3. The van der Waals surface area contributed by atoms with Crippen molar-refractivity contribution in [3.8, 4) is 0 Å². The van der Waals surface area contributed by atoms with E-state index in [1.807, 2.05) is 11.9 Å². The Hall–Kier alpha value is -0.570. The Morgan fingerprint density at radius 3 is 3.08 bits per heavy atom. The molecule has 1 N–H and O–H groups in total. The molecule has 2 heterocycles. The number of carbonyl (C=O) groups is 1. The molecular formula is C9H16N2O. The number of hydrogen-bond donors (Lipinski definition) is 1. The quantitative estimate of drug-likeness (QED) is 0.561. The Morgan fingerprint density at radius 1 is 1.58 bits per heavy atom. The van der Waals surface area contributed by atoms with Crippen molar-refractivity contribution >= 4 is 5.91 Å². The lowest BCUT2D eigenvalue weighted by molar-refractivity contribution is -0.136. The van der Waals surface area contributed by atoms with Gasteiger partial charge >= 0.3 is 0 Å². The normalized spacial score (nSPS) is 41.7. The number of fused-ring (bicyclic) bond motifs is 1. The van der Waals surface area contributed by atoms with Gasteiger partial charge in [-0.2, -0.15) is 0 Å². The Labute approximate surface area is 73.1 Å². The van der Waals surface area contributed by atoms with Crippen LogP contribution in [0.1, 0.15) is 19.8 Å². The highest BCUT2D eigenvalue weighted by atomic mass is 16.2. The maximum Gasteiger partial charge on any atom is 0.224 e. The van der Waals surface area contributed by atoms with Crippen LogP contribution in [0.3, 0.4) is 0 Å². The van der Waals surface area contributed by atoms with E-state index in [0.717, 1.165) is 6.54 Å². The van der Waals surface area contributed by atoms with Gasteiger partial charge in [0, 0.05) is 25.6 Å². The Balaban J connectivity index is 2.15. The number of hydrogen-bond acceptors (Lipinski definition) is 2. The van der Waals surface area contributed by atoms with Gasteiger partial charge in [-0.1, -0.05) is 0 Å². The number of amides is 1. The van der Waals surface area contributed by atoms with Crippen LogP contribution in [-0.4, -0.2) is 36.5 Å². The molecule has 2 aliphatic rings. The van der Waals surface area contributed by atoms with Gasteiger partial charge in [0.05, 0.1) is 0 Å². The van der Waals surface area contributed by atoms with Gasteiger partial charge in [0.2, 0.25) is 5.91 Å². The molecule has 2 fully saturated rings. The first-order chi connectivity index (χ1) is 5.70. The van der Waals surface area contributed by atoms with E-state index in [4.69, 9.17) is 0 Å². The maximum absolute atomic E-state index is 11.4. The molecule has 0 aromatic carbocycles. The Morgan fingerprint density at radius 2 is 2.33 bits per heavy atom. The third-order valence-electron chi connectivity index (χ3n) is 3.42. The van der Waals surface area contributed by atoms with E-state index in [2.05, 4.69) is 12.2 Å². The molecule has 2 rings (SSSR count). The highest BCUT2D eigenvalue weighted by Crippen LogP contribution is 2.29. The number of nitrogens with zero attached hydrogens (tertiary/aromatic N) is 1. The molecule has 0 aromatic heterocycles. The van der Waals surface area contributed by atoms with Crippen molar-refractivity contribution in [1.82, 2.24) is 10.2 Å². The average molecular weight is 168 g/mol. The molecular weight excluding hydrogens is 152 g/mol. The highest BCUT2D eigenvalue weighted by Gasteiger charge is 2.40. The van der Waals surface area contributed by atoms with E-state index in [9.17, 15) is 4.79 Å². The van der Waals surface area contributed by atoms with Crippen molar-refractivity contribution in [2.24, 2.45) is 5.92 Å². The molecule has 2 saturated heterocycles. The van der Waals surface area contributed by atoms with E-state index < -0.39 is 0 Å². The summed E-state index contributed by atoms with van der Waals surface area (Å²) in [6.07, 6.45) is 1.93. The third-order valence-corrected chi connectivity index (χ3v) is 3.42. The molecule has 3 nitrogen and oxygen atoms in total. The van der Waals surface area contributed by atoms with Crippen LogP contribution in [0.2, 0.25) is 0 Å². The zero-order valence-corrected chi connectivity index (χ0v) is 7.71.